The second-order valence-corrected chi connectivity index (χ2v) is 7.71. The van der Waals surface area contributed by atoms with Gasteiger partial charge in [-0.2, -0.15) is 0 Å². The van der Waals surface area contributed by atoms with E-state index in [2.05, 4.69) is 10.3 Å². The highest BCUT2D eigenvalue weighted by molar-refractivity contribution is 6.06. The van der Waals surface area contributed by atoms with Gasteiger partial charge in [-0.25, -0.2) is 4.39 Å². The number of aromatic nitrogens is 1. The van der Waals surface area contributed by atoms with E-state index in [4.69, 9.17) is 0 Å². The number of hydrogen-bond donors (Lipinski definition) is 1. The Bertz CT molecular complexity index is 858. The summed E-state index contributed by atoms with van der Waals surface area (Å²) >= 11 is 0. The fourth-order valence-corrected chi connectivity index (χ4v) is 4.28. The lowest BCUT2D eigenvalue weighted by molar-refractivity contribution is 0.0750. The van der Waals surface area contributed by atoms with Crippen molar-refractivity contribution in [3.05, 3.63) is 41.3 Å². The largest absolute Gasteiger partial charge is 0.337 e. The van der Waals surface area contributed by atoms with Gasteiger partial charge in [0.2, 0.25) is 0 Å². The first kappa shape index (κ1) is 20.3. The number of halogens is 3. The summed E-state index contributed by atoms with van der Waals surface area (Å²) in [5.41, 5.74) is 2.32. The lowest BCUT2D eigenvalue weighted by atomic mass is 10.0. The third kappa shape index (κ3) is 3.91. The first-order valence-corrected chi connectivity index (χ1v) is 9.33. The predicted molar refractivity (Wildman–Crippen MR) is 109 cm³/mol. The van der Waals surface area contributed by atoms with E-state index in [1.807, 2.05) is 11.0 Å². The van der Waals surface area contributed by atoms with Crippen molar-refractivity contribution in [1.29, 1.82) is 0 Å². The highest BCUT2D eigenvalue weighted by atomic mass is 35.5. The average molecular weight is 412 g/mol. The molecule has 4 nitrogen and oxygen atoms in total. The van der Waals surface area contributed by atoms with Gasteiger partial charge in [0, 0.05) is 42.2 Å². The minimum atomic E-state index is -0.320. The fourth-order valence-electron chi connectivity index (χ4n) is 4.28. The molecule has 5 rings (SSSR count). The van der Waals surface area contributed by atoms with Gasteiger partial charge >= 0.3 is 0 Å². The van der Waals surface area contributed by atoms with Crippen molar-refractivity contribution in [3.63, 3.8) is 0 Å². The van der Waals surface area contributed by atoms with Crippen LogP contribution in [0.2, 0.25) is 0 Å². The number of fused-ring (bicyclic) bond motifs is 3. The van der Waals surface area contributed by atoms with Gasteiger partial charge in [0.15, 0.2) is 0 Å². The number of carbonyl (C=O) groups is 1. The van der Waals surface area contributed by atoms with Crippen molar-refractivity contribution in [1.82, 2.24) is 15.2 Å². The SMILES string of the molecule is Cl.Cl.O=C(c1cc(C2CC2)nc2ccc(F)cc12)N1CCC2CCC(C1)N2. The lowest BCUT2D eigenvalue weighted by Gasteiger charge is -2.25. The fraction of sp³-hybridized carbons (Fsp3) is 0.500. The summed E-state index contributed by atoms with van der Waals surface area (Å²) in [6.07, 6.45) is 5.60. The van der Waals surface area contributed by atoms with Crippen LogP contribution < -0.4 is 5.32 Å². The maximum absolute atomic E-state index is 13.8. The molecule has 0 spiro atoms. The molecule has 3 heterocycles. The second kappa shape index (κ2) is 7.90. The molecule has 1 aliphatic carbocycles. The molecule has 2 atom stereocenters. The monoisotopic (exact) mass is 411 g/mol. The number of carbonyl (C=O) groups excluding carboxylic acids is 1. The van der Waals surface area contributed by atoms with E-state index in [0.717, 1.165) is 50.0 Å². The van der Waals surface area contributed by atoms with Crippen LogP contribution in [0.3, 0.4) is 0 Å². The molecular formula is C20H24Cl2FN3O. The zero-order valence-corrected chi connectivity index (χ0v) is 16.6. The van der Waals surface area contributed by atoms with Crippen molar-refractivity contribution in [2.75, 3.05) is 13.1 Å². The molecule has 1 aromatic heterocycles. The molecule has 2 saturated heterocycles. The number of nitrogens with one attached hydrogen (secondary N) is 1. The molecule has 2 aromatic rings. The van der Waals surface area contributed by atoms with Crippen LogP contribution in [0.25, 0.3) is 10.9 Å². The summed E-state index contributed by atoms with van der Waals surface area (Å²) in [5, 5.41) is 4.24. The number of benzene rings is 1. The summed E-state index contributed by atoms with van der Waals surface area (Å²) in [5.74, 6) is 0.163. The number of pyridine rings is 1. The van der Waals surface area contributed by atoms with Gasteiger partial charge in [-0.3, -0.25) is 9.78 Å². The Balaban J connectivity index is 0.00000105. The molecule has 2 unspecified atom stereocenters. The molecule has 146 valence electrons. The second-order valence-electron chi connectivity index (χ2n) is 7.71. The maximum Gasteiger partial charge on any atom is 0.254 e. The highest BCUT2D eigenvalue weighted by Gasteiger charge is 2.33. The van der Waals surface area contributed by atoms with E-state index in [-0.39, 0.29) is 36.5 Å². The van der Waals surface area contributed by atoms with Crippen molar-refractivity contribution >= 4 is 41.6 Å². The molecular weight excluding hydrogens is 388 g/mol. The molecule has 27 heavy (non-hydrogen) atoms. The van der Waals surface area contributed by atoms with Gasteiger partial charge in [0.05, 0.1) is 11.1 Å². The number of rotatable bonds is 2. The molecule has 3 fully saturated rings. The van der Waals surface area contributed by atoms with Crippen LogP contribution in [0.1, 0.15) is 54.1 Å². The van der Waals surface area contributed by atoms with Gasteiger partial charge in [-0.1, -0.05) is 0 Å². The summed E-state index contributed by atoms with van der Waals surface area (Å²) in [4.78, 5) is 19.9. The lowest BCUT2D eigenvalue weighted by Crippen LogP contribution is -2.39. The van der Waals surface area contributed by atoms with Crippen LogP contribution in [0.15, 0.2) is 24.3 Å². The van der Waals surface area contributed by atoms with Crippen LogP contribution in [0.4, 0.5) is 4.39 Å². The van der Waals surface area contributed by atoms with E-state index in [1.54, 1.807) is 6.07 Å². The molecule has 2 bridgehead atoms. The van der Waals surface area contributed by atoms with Crippen LogP contribution in [0.5, 0.6) is 0 Å². The minimum Gasteiger partial charge on any atom is -0.337 e. The van der Waals surface area contributed by atoms with Gasteiger partial charge in [0.1, 0.15) is 5.82 Å². The normalized spacial score (nSPS) is 24.1. The van der Waals surface area contributed by atoms with Gasteiger partial charge in [-0.05, 0) is 56.4 Å². The van der Waals surface area contributed by atoms with Crippen LogP contribution in [0, 0.1) is 5.82 Å². The average Bonchev–Trinajstić information content (AvgIpc) is 3.38. The van der Waals surface area contributed by atoms with E-state index in [1.165, 1.54) is 18.6 Å². The molecule has 2 aliphatic heterocycles. The van der Waals surface area contributed by atoms with E-state index in [9.17, 15) is 9.18 Å². The Morgan fingerprint density at radius 2 is 1.85 bits per heavy atom. The zero-order valence-electron chi connectivity index (χ0n) is 15.0. The molecule has 3 aliphatic rings. The molecule has 1 aromatic carbocycles. The number of hydrogen-bond acceptors (Lipinski definition) is 3. The Hall–Kier alpha value is -1.43. The van der Waals surface area contributed by atoms with Crippen molar-refractivity contribution in [2.24, 2.45) is 0 Å². The first-order chi connectivity index (χ1) is 12.2. The Morgan fingerprint density at radius 3 is 2.63 bits per heavy atom. The highest BCUT2D eigenvalue weighted by Crippen LogP contribution is 2.40. The quantitative estimate of drug-likeness (QED) is 0.809. The molecule has 1 amide bonds. The van der Waals surface area contributed by atoms with Crippen LogP contribution in [-0.4, -0.2) is 41.0 Å². The van der Waals surface area contributed by atoms with Gasteiger partial charge < -0.3 is 10.2 Å². The summed E-state index contributed by atoms with van der Waals surface area (Å²) < 4.78 is 13.8. The Morgan fingerprint density at radius 1 is 1.07 bits per heavy atom. The predicted octanol–water partition coefficient (Wildman–Crippen LogP) is 4.06. The van der Waals surface area contributed by atoms with Gasteiger partial charge in [-0.15, -0.1) is 24.8 Å². The standard InChI is InChI=1S/C20H22FN3O.2ClH/c21-13-3-6-18-16(9-13)17(10-19(23-18)12-1-2-12)20(25)24-8-7-14-4-5-15(11-24)22-14;;/h3,6,9-10,12,14-15,22H,1-2,4-5,7-8,11H2;2*1H. The summed E-state index contributed by atoms with van der Waals surface area (Å²) in [6, 6.07) is 7.42. The number of amides is 1. The van der Waals surface area contributed by atoms with Crippen LogP contribution >= 0.6 is 24.8 Å². The Kier molecular flexibility index (Phi) is 5.94. The smallest absolute Gasteiger partial charge is 0.254 e. The summed E-state index contributed by atoms with van der Waals surface area (Å²) in [6.45, 7) is 1.51. The maximum atomic E-state index is 13.8. The zero-order chi connectivity index (χ0) is 17.0. The van der Waals surface area contributed by atoms with E-state index in [0.29, 0.717) is 29.0 Å². The van der Waals surface area contributed by atoms with Gasteiger partial charge in [0.25, 0.3) is 5.91 Å². The van der Waals surface area contributed by atoms with E-state index >= 15 is 0 Å². The third-order valence-electron chi connectivity index (χ3n) is 5.83. The molecule has 7 heteroatoms. The topological polar surface area (TPSA) is 45.2 Å². The minimum absolute atomic E-state index is 0. The van der Waals surface area contributed by atoms with Crippen LogP contribution in [-0.2, 0) is 0 Å². The number of likely N-dealkylation sites (tertiary alicyclic amines) is 1. The first-order valence-electron chi connectivity index (χ1n) is 9.33. The summed E-state index contributed by atoms with van der Waals surface area (Å²) in [7, 11) is 0. The van der Waals surface area contributed by atoms with Crippen molar-refractivity contribution in [3.8, 4) is 0 Å². The van der Waals surface area contributed by atoms with E-state index < -0.39 is 0 Å². The molecule has 0 radical (unpaired) electrons. The molecule has 1 saturated carbocycles. The van der Waals surface area contributed by atoms with Crippen molar-refractivity contribution in [2.45, 2.75) is 50.1 Å². The van der Waals surface area contributed by atoms with Crippen molar-refractivity contribution < 1.29 is 9.18 Å². The number of nitrogens with zero attached hydrogens (tertiary/aromatic N) is 2. The third-order valence-corrected chi connectivity index (χ3v) is 5.83. The molecule has 1 N–H and O–H groups in total. The Labute approximate surface area is 170 Å².